The molecule has 0 saturated carbocycles. The van der Waals surface area contributed by atoms with Crippen LogP contribution >= 0.6 is 0 Å². The van der Waals surface area contributed by atoms with Gasteiger partial charge in [0.25, 0.3) is 0 Å². The predicted molar refractivity (Wildman–Crippen MR) is 74.5 cm³/mol. The lowest BCUT2D eigenvalue weighted by Gasteiger charge is -2.45. The molecule has 4 nitrogen and oxygen atoms in total. The van der Waals surface area contributed by atoms with Crippen molar-refractivity contribution >= 4 is 9.84 Å². The SMILES string of the molecule is CC(C)(C)S(=O)(=O)CCNC1CN2CCC1CC2. The molecule has 3 rings (SSSR count). The number of piperidine rings is 3. The van der Waals surface area contributed by atoms with Crippen LogP contribution in [0.2, 0.25) is 0 Å². The van der Waals surface area contributed by atoms with Gasteiger partial charge in [-0.05, 0) is 52.6 Å². The Morgan fingerprint density at radius 3 is 2.28 bits per heavy atom. The molecule has 3 aliphatic heterocycles. The second-order valence-corrected chi connectivity index (χ2v) is 9.49. The van der Waals surface area contributed by atoms with Crippen molar-refractivity contribution < 1.29 is 8.42 Å². The van der Waals surface area contributed by atoms with Crippen molar-refractivity contribution in [2.45, 2.75) is 44.4 Å². The maximum absolute atomic E-state index is 12.0. The maximum atomic E-state index is 12.0. The topological polar surface area (TPSA) is 49.4 Å². The van der Waals surface area contributed by atoms with E-state index in [1.54, 1.807) is 20.8 Å². The number of fused-ring (bicyclic) bond motifs is 3. The van der Waals surface area contributed by atoms with Crippen molar-refractivity contribution in [3.63, 3.8) is 0 Å². The number of hydrogen-bond donors (Lipinski definition) is 1. The lowest BCUT2D eigenvalue weighted by Crippen LogP contribution is -2.56. The summed E-state index contributed by atoms with van der Waals surface area (Å²) in [4.78, 5) is 2.48. The fraction of sp³-hybridized carbons (Fsp3) is 1.00. The van der Waals surface area contributed by atoms with Gasteiger partial charge in [-0.1, -0.05) is 0 Å². The third-order valence-corrected chi connectivity index (χ3v) is 6.97. The Kier molecular flexibility index (Phi) is 4.04. The summed E-state index contributed by atoms with van der Waals surface area (Å²) in [5, 5.41) is 3.46. The third-order valence-electron chi connectivity index (χ3n) is 4.37. The van der Waals surface area contributed by atoms with Gasteiger partial charge in [-0.25, -0.2) is 8.42 Å². The van der Waals surface area contributed by atoms with E-state index in [-0.39, 0.29) is 5.75 Å². The van der Waals surface area contributed by atoms with Gasteiger partial charge < -0.3 is 10.2 Å². The van der Waals surface area contributed by atoms with Gasteiger partial charge >= 0.3 is 0 Å². The molecular weight excluding hydrogens is 248 g/mol. The molecule has 0 aliphatic carbocycles. The van der Waals surface area contributed by atoms with Crippen LogP contribution in [-0.4, -0.2) is 56.0 Å². The average molecular weight is 274 g/mol. The summed E-state index contributed by atoms with van der Waals surface area (Å²) in [6.45, 7) is 9.46. The van der Waals surface area contributed by atoms with Crippen molar-refractivity contribution in [1.29, 1.82) is 0 Å². The lowest BCUT2D eigenvalue weighted by atomic mass is 9.84. The fourth-order valence-electron chi connectivity index (χ4n) is 2.88. The van der Waals surface area contributed by atoms with Crippen LogP contribution in [0, 0.1) is 5.92 Å². The van der Waals surface area contributed by atoms with Crippen LogP contribution in [0.1, 0.15) is 33.6 Å². The fourth-order valence-corrected chi connectivity index (χ4v) is 3.88. The smallest absolute Gasteiger partial charge is 0.156 e. The first kappa shape index (κ1) is 14.3. The molecule has 1 atom stereocenters. The highest BCUT2D eigenvalue weighted by molar-refractivity contribution is 7.92. The van der Waals surface area contributed by atoms with E-state index in [9.17, 15) is 8.42 Å². The number of sulfone groups is 1. The van der Waals surface area contributed by atoms with Crippen molar-refractivity contribution in [2.24, 2.45) is 5.92 Å². The highest BCUT2D eigenvalue weighted by Gasteiger charge is 2.34. The first-order chi connectivity index (χ1) is 8.29. The predicted octanol–water partition coefficient (Wildman–Crippen LogP) is 0.884. The van der Waals surface area contributed by atoms with Crippen LogP contribution < -0.4 is 5.32 Å². The molecule has 3 fully saturated rings. The summed E-state index contributed by atoms with van der Waals surface area (Å²) in [5.74, 6) is 1.01. The number of nitrogens with one attached hydrogen (secondary N) is 1. The third kappa shape index (κ3) is 3.06. The summed E-state index contributed by atoms with van der Waals surface area (Å²) >= 11 is 0. The molecule has 18 heavy (non-hydrogen) atoms. The highest BCUT2D eigenvalue weighted by Crippen LogP contribution is 2.27. The minimum atomic E-state index is -2.99. The minimum absolute atomic E-state index is 0.250. The molecule has 1 unspecified atom stereocenters. The largest absolute Gasteiger partial charge is 0.311 e. The molecule has 106 valence electrons. The zero-order chi connectivity index (χ0) is 13.4. The summed E-state index contributed by atoms with van der Waals surface area (Å²) in [5.41, 5.74) is 0. The van der Waals surface area contributed by atoms with Crippen molar-refractivity contribution in [3.8, 4) is 0 Å². The van der Waals surface area contributed by atoms with E-state index in [4.69, 9.17) is 0 Å². The zero-order valence-corrected chi connectivity index (χ0v) is 12.6. The van der Waals surface area contributed by atoms with E-state index in [0.717, 1.165) is 12.5 Å². The Hall–Kier alpha value is -0.130. The Morgan fingerprint density at radius 2 is 1.83 bits per heavy atom. The molecule has 0 amide bonds. The quantitative estimate of drug-likeness (QED) is 0.827. The van der Waals surface area contributed by atoms with E-state index in [0.29, 0.717) is 12.6 Å². The Labute approximate surface area is 111 Å². The normalized spacial score (nSPS) is 32.7. The van der Waals surface area contributed by atoms with Gasteiger partial charge in [-0.2, -0.15) is 0 Å². The summed E-state index contributed by atoms with van der Waals surface area (Å²) in [6.07, 6.45) is 2.54. The molecule has 0 aromatic rings. The molecule has 5 heteroatoms. The van der Waals surface area contributed by atoms with Crippen LogP contribution in [0.15, 0.2) is 0 Å². The zero-order valence-electron chi connectivity index (χ0n) is 11.8. The van der Waals surface area contributed by atoms with Gasteiger partial charge in [0.2, 0.25) is 0 Å². The Balaban J connectivity index is 1.80. The summed E-state index contributed by atoms with van der Waals surface area (Å²) in [7, 11) is -2.99. The summed E-state index contributed by atoms with van der Waals surface area (Å²) < 4.78 is 23.4. The van der Waals surface area contributed by atoms with Crippen LogP contribution in [0.3, 0.4) is 0 Å². The first-order valence-electron chi connectivity index (χ1n) is 6.98. The number of nitrogens with zero attached hydrogens (tertiary/aromatic N) is 1. The van der Waals surface area contributed by atoms with Crippen LogP contribution in [0.4, 0.5) is 0 Å². The van der Waals surface area contributed by atoms with Crippen molar-refractivity contribution in [3.05, 3.63) is 0 Å². The molecule has 3 saturated heterocycles. The van der Waals surface area contributed by atoms with Gasteiger partial charge in [-0.3, -0.25) is 0 Å². The molecule has 0 aromatic carbocycles. The van der Waals surface area contributed by atoms with Gasteiger partial charge in [0.15, 0.2) is 9.84 Å². The van der Waals surface area contributed by atoms with Gasteiger partial charge in [0.1, 0.15) is 0 Å². The number of rotatable bonds is 4. The van der Waals surface area contributed by atoms with E-state index in [2.05, 4.69) is 10.2 Å². The lowest BCUT2D eigenvalue weighted by molar-refractivity contribution is 0.0738. The molecule has 0 spiro atoms. The standard InChI is InChI=1S/C13H26N2O2S/c1-13(2,3)18(16,17)9-6-14-12-10-15-7-4-11(12)5-8-15/h11-12,14H,4-10H2,1-3H3. The first-order valence-corrected chi connectivity index (χ1v) is 8.63. The second kappa shape index (κ2) is 5.10. The molecule has 0 aromatic heterocycles. The van der Waals surface area contributed by atoms with Crippen molar-refractivity contribution in [1.82, 2.24) is 10.2 Å². The molecule has 3 heterocycles. The highest BCUT2D eigenvalue weighted by atomic mass is 32.2. The van der Waals surface area contributed by atoms with Crippen molar-refractivity contribution in [2.75, 3.05) is 31.9 Å². The van der Waals surface area contributed by atoms with Crippen LogP contribution in [0.25, 0.3) is 0 Å². The van der Waals surface area contributed by atoms with Crippen LogP contribution in [0.5, 0.6) is 0 Å². The second-order valence-electron chi connectivity index (χ2n) is 6.63. The van der Waals surface area contributed by atoms with E-state index in [1.807, 2.05) is 0 Å². The van der Waals surface area contributed by atoms with E-state index in [1.165, 1.54) is 25.9 Å². The monoisotopic (exact) mass is 274 g/mol. The van der Waals surface area contributed by atoms with E-state index >= 15 is 0 Å². The van der Waals surface area contributed by atoms with Gasteiger partial charge in [-0.15, -0.1) is 0 Å². The number of hydrogen-bond acceptors (Lipinski definition) is 4. The molecular formula is C13H26N2O2S. The van der Waals surface area contributed by atoms with Crippen LogP contribution in [-0.2, 0) is 9.84 Å². The average Bonchev–Trinajstić information content (AvgIpc) is 2.29. The molecule has 1 N–H and O–H groups in total. The van der Waals surface area contributed by atoms with Gasteiger partial charge in [0.05, 0.1) is 10.5 Å². The van der Waals surface area contributed by atoms with E-state index < -0.39 is 14.6 Å². The Morgan fingerprint density at radius 1 is 1.22 bits per heavy atom. The Bertz CT molecular complexity index is 378. The molecule has 3 aliphatic rings. The maximum Gasteiger partial charge on any atom is 0.156 e. The minimum Gasteiger partial charge on any atom is -0.311 e. The van der Waals surface area contributed by atoms with Gasteiger partial charge in [0, 0.05) is 19.1 Å². The molecule has 0 radical (unpaired) electrons. The summed E-state index contributed by atoms with van der Waals surface area (Å²) in [6, 6.07) is 0.502. The molecule has 2 bridgehead atoms.